The maximum atomic E-state index is 10.3. The minimum atomic E-state index is -0.750. The Balaban J connectivity index is 3.46. The van der Waals surface area contributed by atoms with Crippen LogP contribution >= 0.6 is 0 Å². The fraction of sp³-hybridized carbons (Fsp3) is 0.500. The molecule has 0 radical (unpaired) electrons. The molecule has 0 aromatic carbocycles. The Morgan fingerprint density at radius 3 is 2.30 bits per heavy atom. The summed E-state index contributed by atoms with van der Waals surface area (Å²) < 4.78 is 0. The molecule has 0 bridgehead atoms. The Labute approximate surface area is 123 Å². The monoisotopic (exact) mass is 276 g/mol. The Bertz CT molecular complexity index is 335. The zero-order valence-electron chi connectivity index (χ0n) is 12.6. The van der Waals surface area contributed by atoms with E-state index in [-0.39, 0.29) is 6.42 Å². The van der Waals surface area contributed by atoms with Crippen LogP contribution in [0.2, 0.25) is 0 Å². The summed E-state index contributed by atoms with van der Waals surface area (Å²) in [7, 11) is 0. The highest BCUT2D eigenvalue weighted by molar-refractivity contribution is 5.66. The lowest BCUT2D eigenvalue weighted by atomic mass is 10.1. The van der Waals surface area contributed by atoms with Gasteiger partial charge in [-0.3, -0.25) is 4.79 Å². The maximum Gasteiger partial charge on any atom is 0.303 e. The molecule has 0 atom stereocenters. The number of carboxylic acids is 1. The first kappa shape index (κ1) is 18.4. The van der Waals surface area contributed by atoms with Gasteiger partial charge in [-0.1, -0.05) is 74.8 Å². The van der Waals surface area contributed by atoms with Crippen molar-refractivity contribution in [3.05, 3.63) is 48.6 Å². The van der Waals surface area contributed by atoms with E-state index >= 15 is 0 Å². The van der Waals surface area contributed by atoms with Crippen molar-refractivity contribution in [2.75, 3.05) is 0 Å². The third kappa shape index (κ3) is 16.4. The molecule has 20 heavy (non-hydrogen) atoms. The van der Waals surface area contributed by atoms with Crippen LogP contribution < -0.4 is 0 Å². The fourth-order valence-corrected chi connectivity index (χ4v) is 1.65. The van der Waals surface area contributed by atoms with E-state index in [2.05, 4.69) is 25.2 Å². The molecule has 0 rings (SSSR count). The molecule has 0 aliphatic rings. The van der Waals surface area contributed by atoms with Crippen LogP contribution in [0.3, 0.4) is 0 Å². The lowest BCUT2D eigenvalue weighted by Crippen LogP contribution is -1.91. The molecule has 0 aliphatic carbocycles. The van der Waals surface area contributed by atoms with Gasteiger partial charge in [-0.15, -0.1) is 0 Å². The van der Waals surface area contributed by atoms with Crippen molar-refractivity contribution in [2.24, 2.45) is 0 Å². The summed E-state index contributed by atoms with van der Waals surface area (Å²) in [6.45, 7) is 2.23. The highest BCUT2D eigenvalue weighted by Gasteiger charge is 1.90. The van der Waals surface area contributed by atoms with Gasteiger partial charge in [0.1, 0.15) is 0 Å². The number of rotatable bonds is 12. The second-order valence-electron chi connectivity index (χ2n) is 4.73. The van der Waals surface area contributed by atoms with E-state index < -0.39 is 5.97 Å². The highest BCUT2D eigenvalue weighted by Crippen LogP contribution is 2.03. The molecule has 2 nitrogen and oxygen atoms in total. The SMILES string of the molecule is CCCCCC/C=C/C/C=C/C=C/C=C/CCC(=O)O. The van der Waals surface area contributed by atoms with Crippen LogP contribution in [0.15, 0.2) is 48.6 Å². The largest absolute Gasteiger partial charge is 0.481 e. The van der Waals surface area contributed by atoms with Crippen LogP contribution in [0.5, 0.6) is 0 Å². The van der Waals surface area contributed by atoms with Crippen LogP contribution in [0, 0.1) is 0 Å². The molecule has 0 saturated heterocycles. The number of aliphatic carboxylic acids is 1. The molecule has 0 aromatic rings. The molecule has 0 spiro atoms. The van der Waals surface area contributed by atoms with E-state index in [4.69, 9.17) is 5.11 Å². The van der Waals surface area contributed by atoms with Gasteiger partial charge in [0.15, 0.2) is 0 Å². The number of allylic oxidation sites excluding steroid dienone is 8. The van der Waals surface area contributed by atoms with Gasteiger partial charge in [0.05, 0.1) is 0 Å². The average Bonchev–Trinajstić information content (AvgIpc) is 2.43. The maximum absolute atomic E-state index is 10.3. The predicted molar refractivity (Wildman–Crippen MR) is 86.8 cm³/mol. The Kier molecular flexibility index (Phi) is 14.3. The van der Waals surface area contributed by atoms with Gasteiger partial charge >= 0.3 is 5.97 Å². The van der Waals surface area contributed by atoms with Crippen LogP contribution in [-0.4, -0.2) is 11.1 Å². The molecule has 0 aliphatic heterocycles. The van der Waals surface area contributed by atoms with E-state index in [1.807, 2.05) is 30.4 Å². The van der Waals surface area contributed by atoms with Crippen molar-refractivity contribution in [3.8, 4) is 0 Å². The third-order valence-corrected chi connectivity index (χ3v) is 2.79. The summed E-state index contributed by atoms with van der Waals surface area (Å²) in [5.74, 6) is -0.750. The zero-order chi connectivity index (χ0) is 14.9. The zero-order valence-corrected chi connectivity index (χ0v) is 12.6. The van der Waals surface area contributed by atoms with Crippen molar-refractivity contribution >= 4 is 5.97 Å². The second kappa shape index (κ2) is 15.5. The van der Waals surface area contributed by atoms with Gasteiger partial charge in [0, 0.05) is 6.42 Å². The number of unbranched alkanes of at least 4 members (excludes halogenated alkanes) is 4. The molecule has 112 valence electrons. The summed E-state index contributed by atoms with van der Waals surface area (Å²) >= 11 is 0. The van der Waals surface area contributed by atoms with Crippen LogP contribution in [0.25, 0.3) is 0 Å². The van der Waals surface area contributed by atoms with Gasteiger partial charge in [0.2, 0.25) is 0 Å². The number of hydrogen-bond acceptors (Lipinski definition) is 1. The predicted octanol–water partition coefficient (Wildman–Crippen LogP) is 5.44. The minimum absolute atomic E-state index is 0.198. The number of carboxylic acid groups (broad SMARTS) is 1. The van der Waals surface area contributed by atoms with Gasteiger partial charge in [0.25, 0.3) is 0 Å². The van der Waals surface area contributed by atoms with Crippen LogP contribution in [0.4, 0.5) is 0 Å². The van der Waals surface area contributed by atoms with Gasteiger partial charge in [-0.05, 0) is 25.7 Å². The highest BCUT2D eigenvalue weighted by atomic mass is 16.4. The van der Waals surface area contributed by atoms with E-state index in [0.29, 0.717) is 6.42 Å². The van der Waals surface area contributed by atoms with Crippen molar-refractivity contribution in [1.29, 1.82) is 0 Å². The molecule has 0 fully saturated rings. The standard InChI is InChI=1S/C18H28O2/c1-2-3-4-5-6-7-8-9-10-11-12-13-14-15-16-17-18(19)20/h7-8,10-15H,2-6,9,16-17H2,1H3,(H,19,20)/b8-7+,11-10+,13-12+,15-14+. The Hall–Kier alpha value is -1.57. The Morgan fingerprint density at radius 2 is 1.60 bits per heavy atom. The van der Waals surface area contributed by atoms with E-state index in [1.54, 1.807) is 0 Å². The fourth-order valence-electron chi connectivity index (χ4n) is 1.65. The third-order valence-electron chi connectivity index (χ3n) is 2.79. The minimum Gasteiger partial charge on any atom is -0.481 e. The van der Waals surface area contributed by atoms with Crippen molar-refractivity contribution in [2.45, 2.75) is 58.3 Å². The quantitative estimate of drug-likeness (QED) is 0.293. The van der Waals surface area contributed by atoms with Gasteiger partial charge in [-0.25, -0.2) is 0 Å². The molecular formula is C18H28O2. The Morgan fingerprint density at radius 1 is 0.850 bits per heavy atom. The topological polar surface area (TPSA) is 37.3 Å². The molecule has 0 amide bonds. The van der Waals surface area contributed by atoms with Crippen molar-refractivity contribution in [1.82, 2.24) is 0 Å². The molecule has 0 unspecified atom stereocenters. The summed E-state index contributed by atoms with van der Waals surface area (Å²) in [6, 6.07) is 0. The van der Waals surface area contributed by atoms with Gasteiger partial charge < -0.3 is 5.11 Å². The van der Waals surface area contributed by atoms with Gasteiger partial charge in [-0.2, -0.15) is 0 Å². The summed E-state index contributed by atoms with van der Waals surface area (Å²) in [5, 5.41) is 8.45. The molecule has 0 aromatic heterocycles. The molecular weight excluding hydrogens is 248 g/mol. The van der Waals surface area contributed by atoms with Crippen LogP contribution in [-0.2, 0) is 4.79 Å². The van der Waals surface area contributed by atoms with E-state index in [9.17, 15) is 4.79 Å². The summed E-state index contributed by atoms with van der Waals surface area (Å²) in [6.07, 6.45) is 24.5. The lowest BCUT2D eigenvalue weighted by Gasteiger charge is -1.93. The first-order chi connectivity index (χ1) is 9.77. The molecule has 0 saturated carbocycles. The second-order valence-corrected chi connectivity index (χ2v) is 4.73. The smallest absolute Gasteiger partial charge is 0.303 e. The average molecular weight is 276 g/mol. The first-order valence-electron chi connectivity index (χ1n) is 7.62. The van der Waals surface area contributed by atoms with Crippen LogP contribution in [0.1, 0.15) is 58.3 Å². The molecule has 1 N–H and O–H groups in total. The lowest BCUT2D eigenvalue weighted by molar-refractivity contribution is -0.136. The molecule has 2 heteroatoms. The van der Waals surface area contributed by atoms with Crippen molar-refractivity contribution in [3.63, 3.8) is 0 Å². The van der Waals surface area contributed by atoms with E-state index in [0.717, 1.165) is 6.42 Å². The van der Waals surface area contributed by atoms with Crippen molar-refractivity contribution < 1.29 is 9.90 Å². The number of hydrogen-bond donors (Lipinski definition) is 1. The first-order valence-corrected chi connectivity index (χ1v) is 7.62. The normalized spacial score (nSPS) is 12.4. The molecule has 0 heterocycles. The summed E-state index contributed by atoms with van der Waals surface area (Å²) in [4.78, 5) is 10.3. The number of carbonyl (C=O) groups is 1. The summed E-state index contributed by atoms with van der Waals surface area (Å²) in [5.41, 5.74) is 0. The van der Waals surface area contributed by atoms with E-state index in [1.165, 1.54) is 32.1 Å².